The van der Waals surface area contributed by atoms with Crippen molar-refractivity contribution in [2.24, 2.45) is 5.92 Å². The number of hydrogen-bond acceptors (Lipinski definition) is 3. The molecule has 2 aromatic rings. The molecular weight excluding hydrogens is 338 g/mol. The maximum absolute atomic E-state index is 12.5. The van der Waals surface area contributed by atoms with Crippen LogP contribution in [0.5, 0.6) is 0 Å². The highest BCUT2D eigenvalue weighted by Gasteiger charge is 2.18. The van der Waals surface area contributed by atoms with E-state index in [9.17, 15) is 9.59 Å². The Kier molecular flexibility index (Phi) is 6.12. The van der Waals surface area contributed by atoms with E-state index in [0.29, 0.717) is 18.9 Å². The zero-order chi connectivity index (χ0) is 19.2. The summed E-state index contributed by atoms with van der Waals surface area (Å²) in [7, 11) is 0. The van der Waals surface area contributed by atoms with E-state index < -0.39 is 0 Å². The zero-order valence-electron chi connectivity index (χ0n) is 16.0. The van der Waals surface area contributed by atoms with Gasteiger partial charge in [0.2, 0.25) is 11.8 Å². The van der Waals surface area contributed by atoms with Crippen LogP contribution in [0, 0.1) is 5.92 Å². The highest BCUT2D eigenvalue weighted by molar-refractivity contribution is 5.95. The van der Waals surface area contributed by atoms with Crippen LogP contribution < -0.4 is 15.5 Å². The van der Waals surface area contributed by atoms with Gasteiger partial charge >= 0.3 is 0 Å². The molecule has 1 heterocycles. The lowest BCUT2D eigenvalue weighted by Crippen LogP contribution is -2.36. The third kappa shape index (κ3) is 5.33. The van der Waals surface area contributed by atoms with Crippen molar-refractivity contribution >= 4 is 28.9 Å². The summed E-state index contributed by atoms with van der Waals surface area (Å²) >= 11 is 0. The summed E-state index contributed by atoms with van der Waals surface area (Å²) in [6.07, 6.45) is 2.63. The second-order valence-corrected chi connectivity index (χ2v) is 7.43. The molecule has 0 saturated carbocycles. The first-order valence-corrected chi connectivity index (χ1v) is 9.54. The van der Waals surface area contributed by atoms with Crippen molar-refractivity contribution in [1.29, 1.82) is 0 Å². The summed E-state index contributed by atoms with van der Waals surface area (Å²) in [6, 6.07) is 15.5. The summed E-state index contributed by atoms with van der Waals surface area (Å²) in [5, 5.41) is 5.81. The number of rotatable bonds is 6. The fourth-order valence-electron chi connectivity index (χ4n) is 3.37. The second-order valence-electron chi connectivity index (χ2n) is 7.43. The zero-order valence-corrected chi connectivity index (χ0v) is 16.0. The molecule has 5 nitrogen and oxygen atoms in total. The normalized spacial score (nSPS) is 13.2. The number of fused-ring (bicyclic) bond motifs is 1. The maximum Gasteiger partial charge on any atom is 0.243 e. The van der Waals surface area contributed by atoms with Crippen LogP contribution in [0.2, 0.25) is 0 Å². The second kappa shape index (κ2) is 8.71. The van der Waals surface area contributed by atoms with E-state index in [-0.39, 0.29) is 11.8 Å². The van der Waals surface area contributed by atoms with Gasteiger partial charge in [0.05, 0.1) is 6.54 Å². The molecule has 2 N–H and O–H groups in total. The molecule has 1 aliphatic heterocycles. The van der Waals surface area contributed by atoms with Crippen molar-refractivity contribution in [1.82, 2.24) is 0 Å². The van der Waals surface area contributed by atoms with Crippen LogP contribution in [-0.2, 0) is 16.0 Å². The van der Waals surface area contributed by atoms with Crippen molar-refractivity contribution < 1.29 is 9.59 Å². The largest absolute Gasteiger partial charge is 0.362 e. The van der Waals surface area contributed by atoms with Crippen molar-refractivity contribution in [2.75, 3.05) is 28.6 Å². The Labute approximate surface area is 160 Å². The van der Waals surface area contributed by atoms with Gasteiger partial charge < -0.3 is 15.5 Å². The maximum atomic E-state index is 12.5. The highest BCUT2D eigenvalue weighted by Crippen LogP contribution is 2.26. The number of aryl methyl sites for hydroxylation is 1. The van der Waals surface area contributed by atoms with E-state index in [1.54, 1.807) is 0 Å². The van der Waals surface area contributed by atoms with Gasteiger partial charge in [-0.3, -0.25) is 9.59 Å². The Hall–Kier alpha value is -2.82. The molecule has 0 fully saturated rings. The smallest absolute Gasteiger partial charge is 0.243 e. The molecule has 5 heteroatoms. The first-order valence-electron chi connectivity index (χ1n) is 9.54. The molecule has 3 rings (SSSR count). The van der Waals surface area contributed by atoms with Crippen molar-refractivity contribution in [3.8, 4) is 0 Å². The van der Waals surface area contributed by atoms with Crippen LogP contribution in [0.25, 0.3) is 0 Å². The summed E-state index contributed by atoms with van der Waals surface area (Å²) in [5.41, 5.74) is 3.93. The predicted molar refractivity (Wildman–Crippen MR) is 110 cm³/mol. The molecule has 0 atom stereocenters. The standard InChI is InChI=1S/C22H27N3O2/c1-16(2)14-21(26)23-18-9-11-19(12-10-18)24-22(27)15-25-13-5-7-17-6-3-4-8-20(17)25/h3-4,6,8-12,16H,5,7,13-15H2,1-2H3,(H,23,26)(H,24,27). The number of anilines is 3. The van der Waals surface area contributed by atoms with Gasteiger partial charge in [0.25, 0.3) is 0 Å². The lowest BCUT2D eigenvalue weighted by Gasteiger charge is -2.30. The van der Waals surface area contributed by atoms with Gasteiger partial charge in [-0.25, -0.2) is 0 Å². The number of hydrogen-bond donors (Lipinski definition) is 2. The number of amides is 2. The Morgan fingerprint density at radius 1 is 0.963 bits per heavy atom. The Morgan fingerprint density at radius 2 is 1.59 bits per heavy atom. The number of carbonyl (C=O) groups is 2. The van der Waals surface area contributed by atoms with Crippen LogP contribution in [0.4, 0.5) is 17.1 Å². The third-order valence-electron chi connectivity index (χ3n) is 4.59. The van der Waals surface area contributed by atoms with Gasteiger partial charge in [-0.1, -0.05) is 32.0 Å². The average molecular weight is 365 g/mol. The molecule has 1 aliphatic rings. The van der Waals surface area contributed by atoms with Crippen LogP contribution >= 0.6 is 0 Å². The summed E-state index contributed by atoms with van der Waals surface area (Å²) < 4.78 is 0. The molecule has 0 spiro atoms. The molecule has 0 aliphatic carbocycles. The van der Waals surface area contributed by atoms with E-state index in [2.05, 4.69) is 27.7 Å². The van der Waals surface area contributed by atoms with Crippen molar-refractivity contribution in [3.05, 3.63) is 54.1 Å². The van der Waals surface area contributed by atoms with Crippen LogP contribution in [0.1, 0.15) is 32.3 Å². The molecule has 2 aromatic carbocycles. The molecular formula is C22H27N3O2. The minimum absolute atomic E-state index is 0.00514. The van der Waals surface area contributed by atoms with E-state index in [1.807, 2.05) is 50.2 Å². The first kappa shape index (κ1) is 19.0. The topological polar surface area (TPSA) is 61.4 Å². The van der Waals surface area contributed by atoms with Gasteiger partial charge in [0, 0.05) is 30.0 Å². The molecule has 142 valence electrons. The fourth-order valence-corrected chi connectivity index (χ4v) is 3.37. The molecule has 0 radical (unpaired) electrons. The van der Waals surface area contributed by atoms with E-state index in [1.165, 1.54) is 5.56 Å². The molecule has 0 unspecified atom stereocenters. The van der Waals surface area contributed by atoms with Gasteiger partial charge in [-0.2, -0.15) is 0 Å². The van der Waals surface area contributed by atoms with E-state index in [0.717, 1.165) is 36.4 Å². The Bertz CT molecular complexity index is 799. The average Bonchev–Trinajstić information content (AvgIpc) is 2.63. The number of benzene rings is 2. The van der Waals surface area contributed by atoms with Gasteiger partial charge in [0.1, 0.15) is 0 Å². The number of nitrogens with one attached hydrogen (secondary N) is 2. The first-order chi connectivity index (χ1) is 13.0. The summed E-state index contributed by atoms with van der Waals surface area (Å²) in [5.74, 6) is 0.289. The predicted octanol–water partition coefficient (Wildman–Crippen LogP) is 4.06. The van der Waals surface area contributed by atoms with Gasteiger partial charge in [0.15, 0.2) is 0 Å². The highest BCUT2D eigenvalue weighted by atomic mass is 16.2. The van der Waals surface area contributed by atoms with Gasteiger partial charge in [-0.15, -0.1) is 0 Å². The third-order valence-corrected chi connectivity index (χ3v) is 4.59. The number of para-hydroxylation sites is 1. The SMILES string of the molecule is CC(C)CC(=O)Nc1ccc(NC(=O)CN2CCCc3ccccc32)cc1. The van der Waals surface area contributed by atoms with Crippen LogP contribution in [0.3, 0.4) is 0 Å². The van der Waals surface area contributed by atoms with E-state index >= 15 is 0 Å². The minimum Gasteiger partial charge on any atom is -0.362 e. The summed E-state index contributed by atoms with van der Waals surface area (Å²) in [4.78, 5) is 26.4. The van der Waals surface area contributed by atoms with Gasteiger partial charge in [-0.05, 0) is 54.7 Å². The van der Waals surface area contributed by atoms with Crippen molar-refractivity contribution in [2.45, 2.75) is 33.1 Å². The molecule has 27 heavy (non-hydrogen) atoms. The van der Waals surface area contributed by atoms with Crippen molar-refractivity contribution in [3.63, 3.8) is 0 Å². The molecule has 0 saturated heterocycles. The Morgan fingerprint density at radius 3 is 2.26 bits per heavy atom. The number of nitrogens with zero attached hydrogens (tertiary/aromatic N) is 1. The number of carbonyl (C=O) groups excluding carboxylic acids is 2. The molecule has 0 bridgehead atoms. The quantitative estimate of drug-likeness (QED) is 0.811. The van der Waals surface area contributed by atoms with Crippen LogP contribution in [-0.4, -0.2) is 24.9 Å². The minimum atomic E-state index is -0.0386. The summed E-state index contributed by atoms with van der Waals surface area (Å²) in [6.45, 7) is 5.26. The monoisotopic (exact) mass is 365 g/mol. The lowest BCUT2D eigenvalue weighted by atomic mass is 10.0. The molecule has 0 aromatic heterocycles. The Balaban J connectivity index is 1.55. The molecule has 2 amide bonds. The van der Waals surface area contributed by atoms with E-state index in [4.69, 9.17) is 0 Å². The lowest BCUT2D eigenvalue weighted by molar-refractivity contribution is -0.117. The fraction of sp³-hybridized carbons (Fsp3) is 0.364. The van der Waals surface area contributed by atoms with Crippen LogP contribution in [0.15, 0.2) is 48.5 Å².